The van der Waals surface area contributed by atoms with Gasteiger partial charge < -0.3 is 9.64 Å². The zero-order valence-electron chi connectivity index (χ0n) is 13.4. The number of hydrogen-bond acceptors (Lipinski definition) is 5. The second-order valence-electron chi connectivity index (χ2n) is 5.93. The van der Waals surface area contributed by atoms with Gasteiger partial charge >= 0.3 is 0 Å². The van der Waals surface area contributed by atoms with Crippen LogP contribution in [0.4, 0.5) is 0 Å². The highest BCUT2D eigenvalue weighted by atomic mass is 16.5. The highest BCUT2D eigenvalue weighted by Gasteiger charge is 2.31. The minimum absolute atomic E-state index is 0.0281. The molecule has 1 aromatic heterocycles. The molecule has 0 aliphatic carbocycles. The highest BCUT2D eigenvalue weighted by molar-refractivity contribution is 5.80. The molecule has 0 N–H and O–H groups in total. The van der Waals surface area contributed by atoms with E-state index in [4.69, 9.17) is 4.74 Å². The largest absolute Gasteiger partial charge is 0.378 e. The Hall–Kier alpha value is -2.28. The monoisotopic (exact) mass is 315 g/mol. The number of aromatic nitrogens is 4. The van der Waals surface area contributed by atoms with Gasteiger partial charge in [0.15, 0.2) is 6.04 Å². The molecule has 0 radical (unpaired) electrons. The van der Waals surface area contributed by atoms with Crippen molar-refractivity contribution in [2.45, 2.75) is 19.9 Å². The van der Waals surface area contributed by atoms with Crippen molar-refractivity contribution in [1.29, 1.82) is 0 Å². The fourth-order valence-corrected chi connectivity index (χ4v) is 2.67. The van der Waals surface area contributed by atoms with Gasteiger partial charge in [-0.3, -0.25) is 4.79 Å². The second-order valence-corrected chi connectivity index (χ2v) is 5.93. The maximum atomic E-state index is 12.8. The average Bonchev–Trinajstić information content (AvgIpc) is 3.06. The number of rotatable bonds is 4. The molecule has 23 heavy (non-hydrogen) atoms. The van der Waals surface area contributed by atoms with Crippen molar-refractivity contribution >= 4 is 5.91 Å². The van der Waals surface area contributed by atoms with Gasteiger partial charge in [-0.15, -0.1) is 10.2 Å². The molecule has 0 saturated carbocycles. The molecule has 2 aromatic rings. The Morgan fingerprint density at radius 1 is 1.17 bits per heavy atom. The van der Waals surface area contributed by atoms with Gasteiger partial charge in [0.1, 0.15) is 0 Å². The van der Waals surface area contributed by atoms with Crippen molar-refractivity contribution in [3.05, 3.63) is 30.3 Å². The first kappa shape index (κ1) is 15.6. The summed E-state index contributed by atoms with van der Waals surface area (Å²) in [5.41, 5.74) is 0.889. The Kier molecular flexibility index (Phi) is 4.66. The van der Waals surface area contributed by atoms with Crippen LogP contribution in [0, 0.1) is 5.92 Å². The van der Waals surface area contributed by atoms with E-state index in [1.165, 1.54) is 4.80 Å². The van der Waals surface area contributed by atoms with E-state index in [-0.39, 0.29) is 11.8 Å². The van der Waals surface area contributed by atoms with Gasteiger partial charge in [0.05, 0.1) is 13.2 Å². The first-order valence-corrected chi connectivity index (χ1v) is 7.88. The minimum Gasteiger partial charge on any atom is -0.378 e. The number of benzene rings is 1. The zero-order valence-corrected chi connectivity index (χ0v) is 13.4. The molecule has 1 aliphatic rings. The molecule has 1 amide bonds. The van der Waals surface area contributed by atoms with Crippen LogP contribution in [0.2, 0.25) is 0 Å². The lowest BCUT2D eigenvalue weighted by atomic mass is 10.0. The number of nitrogens with zero attached hydrogens (tertiary/aromatic N) is 5. The van der Waals surface area contributed by atoms with E-state index >= 15 is 0 Å². The van der Waals surface area contributed by atoms with Crippen molar-refractivity contribution < 1.29 is 9.53 Å². The Bertz CT molecular complexity index is 650. The fourth-order valence-electron chi connectivity index (χ4n) is 2.67. The van der Waals surface area contributed by atoms with E-state index in [1.54, 1.807) is 0 Å². The molecular weight excluding hydrogens is 294 g/mol. The van der Waals surface area contributed by atoms with Crippen molar-refractivity contribution in [2.75, 3.05) is 26.3 Å². The summed E-state index contributed by atoms with van der Waals surface area (Å²) in [4.78, 5) is 16.1. The maximum absolute atomic E-state index is 12.8. The van der Waals surface area contributed by atoms with E-state index in [2.05, 4.69) is 15.4 Å². The molecule has 0 spiro atoms. The fraction of sp³-hybridized carbons (Fsp3) is 0.500. The normalized spacial score (nSPS) is 16.6. The predicted molar refractivity (Wildman–Crippen MR) is 84.5 cm³/mol. The molecular formula is C16H21N5O2. The van der Waals surface area contributed by atoms with Gasteiger partial charge in [-0.25, -0.2) is 0 Å². The molecule has 1 aromatic carbocycles. The minimum atomic E-state index is -0.446. The molecule has 1 fully saturated rings. The number of carbonyl (C=O) groups excluding carboxylic acids is 1. The van der Waals surface area contributed by atoms with Gasteiger partial charge in [0.25, 0.3) is 0 Å². The summed E-state index contributed by atoms with van der Waals surface area (Å²) in [5, 5.41) is 12.7. The highest BCUT2D eigenvalue weighted by Crippen LogP contribution is 2.21. The Balaban J connectivity index is 1.84. The Morgan fingerprint density at radius 3 is 2.52 bits per heavy atom. The predicted octanol–water partition coefficient (Wildman–Crippen LogP) is 1.40. The molecule has 1 aliphatic heterocycles. The molecule has 1 saturated heterocycles. The lowest BCUT2D eigenvalue weighted by Gasteiger charge is -2.31. The van der Waals surface area contributed by atoms with Crippen LogP contribution in [0.25, 0.3) is 11.4 Å². The number of ether oxygens (including phenoxy) is 1. The number of amides is 1. The molecule has 7 heteroatoms. The first-order valence-electron chi connectivity index (χ1n) is 7.88. The second kappa shape index (κ2) is 6.87. The zero-order chi connectivity index (χ0) is 16.2. The summed E-state index contributed by atoms with van der Waals surface area (Å²) in [6.45, 7) is 6.38. The van der Waals surface area contributed by atoms with Crippen LogP contribution in [0.3, 0.4) is 0 Å². The van der Waals surface area contributed by atoms with Gasteiger partial charge in [0.2, 0.25) is 11.7 Å². The molecule has 3 rings (SSSR count). The summed E-state index contributed by atoms with van der Waals surface area (Å²) in [5.74, 6) is 0.634. The molecule has 122 valence electrons. The molecule has 7 nitrogen and oxygen atoms in total. The van der Waals surface area contributed by atoms with Crippen LogP contribution in [0.5, 0.6) is 0 Å². The Labute approximate surface area is 135 Å². The van der Waals surface area contributed by atoms with Crippen molar-refractivity contribution in [3.63, 3.8) is 0 Å². The van der Waals surface area contributed by atoms with Gasteiger partial charge in [-0.1, -0.05) is 44.2 Å². The quantitative estimate of drug-likeness (QED) is 0.852. The molecule has 0 bridgehead atoms. The van der Waals surface area contributed by atoms with Crippen molar-refractivity contribution in [1.82, 2.24) is 25.1 Å². The van der Waals surface area contributed by atoms with Gasteiger partial charge in [0, 0.05) is 18.7 Å². The van der Waals surface area contributed by atoms with Crippen LogP contribution in [0.15, 0.2) is 30.3 Å². The van der Waals surface area contributed by atoms with Crippen LogP contribution in [-0.4, -0.2) is 57.3 Å². The number of carbonyl (C=O) groups is 1. The lowest BCUT2D eigenvalue weighted by Crippen LogP contribution is -2.46. The molecule has 1 unspecified atom stereocenters. The topological polar surface area (TPSA) is 73.1 Å². The summed E-state index contributed by atoms with van der Waals surface area (Å²) in [7, 11) is 0. The smallest absolute Gasteiger partial charge is 0.249 e. The summed E-state index contributed by atoms with van der Waals surface area (Å²) in [6, 6.07) is 9.19. The van der Waals surface area contributed by atoms with E-state index in [0.717, 1.165) is 5.56 Å². The average molecular weight is 315 g/mol. The van der Waals surface area contributed by atoms with E-state index in [0.29, 0.717) is 32.1 Å². The molecule has 2 heterocycles. The van der Waals surface area contributed by atoms with Crippen LogP contribution >= 0.6 is 0 Å². The van der Waals surface area contributed by atoms with E-state index in [1.807, 2.05) is 49.1 Å². The Morgan fingerprint density at radius 2 is 1.87 bits per heavy atom. The van der Waals surface area contributed by atoms with Crippen LogP contribution < -0.4 is 0 Å². The SMILES string of the molecule is CC(C)C(C(=O)N1CCOCC1)n1nnc(-c2ccccc2)n1. The number of tetrazole rings is 1. The maximum Gasteiger partial charge on any atom is 0.249 e. The first-order chi connectivity index (χ1) is 11.2. The number of morpholine rings is 1. The lowest BCUT2D eigenvalue weighted by molar-refractivity contribution is -0.141. The van der Waals surface area contributed by atoms with Crippen LogP contribution in [0.1, 0.15) is 19.9 Å². The third kappa shape index (κ3) is 3.39. The summed E-state index contributed by atoms with van der Waals surface area (Å²) >= 11 is 0. The van der Waals surface area contributed by atoms with Crippen molar-refractivity contribution in [3.8, 4) is 11.4 Å². The van der Waals surface area contributed by atoms with E-state index in [9.17, 15) is 4.79 Å². The third-order valence-electron chi connectivity index (χ3n) is 3.92. The van der Waals surface area contributed by atoms with Crippen LogP contribution in [-0.2, 0) is 9.53 Å². The molecule has 1 atom stereocenters. The van der Waals surface area contributed by atoms with Crippen molar-refractivity contribution in [2.24, 2.45) is 5.92 Å². The summed E-state index contributed by atoms with van der Waals surface area (Å²) < 4.78 is 5.31. The summed E-state index contributed by atoms with van der Waals surface area (Å²) in [6.07, 6.45) is 0. The van der Waals surface area contributed by atoms with Gasteiger partial charge in [-0.05, 0) is 11.1 Å². The van der Waals surface area contributed by atoms with Gasteiger partial charge in [-0.2, -0.15) is 4.80 Å². The standard InChI is InChI=1S/C16H21N5O2/c1-12(2)14(16(22)20-8-10-23-11-9-20)21-18-15(17-19-21)13-6-4-3-5-7-13/h3-7,12,14H,8-11H2,1-2H3. The third-order valence-corrected chi connectivity index (χ3v) is 3.92. The number of hydrogen-bond donors (Lipinski definition) is 0. The van der Waals surface area contributed by atoms with E-state index < -0.39 is 6.04 Å².